The van der Waals surface area contributed by atoms with Crippen molar-refractivity contribution in [2.45, 2.75) is 13.3 Å². The normalized spacial score (nSPS) is 10.0. The molecule has 0 saturated carbocycles. The molecule has 94 valence electrons. The minimum atomic E-state index is -0.0786. The van der Waals surface area contributed by atoms with Crippen molar-refractivity contribution < 1.29 is 9.53 Å². The van der Waals surface area contributed by atoms with Gasteiger partial charge < -0.3 is 15.5 Å². The fourth-order valence-electron chi connectivity index (χ4n) is 1.34. The lowest BCUT2D eigenvalue weighted by Crippen LogP contribution is -2.25. The number of carbonyl (C=O) groups is 1. The summed E-state index contributed by atoms with van der Waals surface area (Å²) < 4.78 is 5.18. The van der Waals surface area contributed by atoms with Gasteiger partial charge in [0.25, 0.3) is 5.91 Å². The van der Waals surface area contributed by atoms with Gasteiger partial charge in [-0.3, -0.25) is 10.6 Å². The molecule has 0 atom stereocenters. The molecular formula is C12H19N3O2. The monoisotopic (exact) mass is 237 g/mol. The van der Waals surface area contributed by atoms with Crippen LogP contribution < -0.4 is 16.6 Å². The van der Waals surface area contributed by atoms with Crippen LogP contribution >= 0.6 is 0 Å². The third-order valence-electron chi connectivity index (χ3n) is 2.27. The van der Waals surface area contributed by atoms with Gasteiger partial charge in [-0.25, -0.2) is 0 Å². The number of rotatable bonds is 7. The highest BCUT2D eigenvalue weighted by atomic mass is 16.5. The van der Waals surface area contributed by atoms with E-state index < -0.39 is 0 Å². The maximum atomic E-state index is 11.7. The van der Waals surface area contributed by atoms with Crippen LogP contribution in [0.2, 0.25) is 0 Å². The Hall–Kier alpha value is -1.59. The van der Waals surface area contributed by atoms with E-state index in [4.69, 9.17) is 10.6 Å². The molecule has 1 rings (SSSR count). The Bertz CT molecular complexity index is 338. The van der Waals surface area contributed by atoms with Gasteiger partial charge >= 0.3 is 0 Å². The molecule has 17 heavy (non-hydrogen) atoms. The smallest absolute Gasteiger partial charge is 0.251 e. The van der Waals surface area contributed by atoms with Gasteiger partial charge in [0.15, 0.2) is 0 Å². The van der Waals surface area contributed by atoms with Crippen molar-refractivity contribution in [2.75, 3.05) is 25.2 Å². The van der Waals surface area contributed by atoms with Crippen molar-refractivity contribution in [3.05, 3.63) is 29.8 Å². The Morgan fingerprint density at radius 3 is 2.65 bits per heavy atom. The Morgan fingerprint density at radius 2 is 2.06 bits per heavy atom. The van der Waals surface area contributed by atoms with Crippen LogP contribution in [0.4, 0.5) is 5.69 Å². The molecule has 1 amide bonds. The number of anilines is 1. The highest BCUT2D eigenvalue weighted by molar-refractivity contribution is 5.94. The van der Waals surface area contributed by atoms with Gasteiger partial charge in [0.2, 0.25) is 0 Å². The summed E-state index contributed by atoms with van der Waals surface area (Å²) >= 11 is 0. The Labute approximate surface area is 101 Å². The predicted molar refractivity (Wildman–Crippen MR) is 67.7 cm³/mol. The fourth-order valence-corrected chi connectivity index (χ4v) is 1.34. The predicted octanol–water partition coefficient (Wildman–Crippen LogP) is 1.13. The first kappa shape index (κ1) is 13.5. The van der Waals surface area contributed by atoms with Crippen molar-refractivity contribution in [1.82, 2.24) is 5.32 Å². The lowest BCUT2D eigenvalue weighted by molar-refractivity contribution is 0.0944. The molecule has 0 aromatic heterocycles. The number of carbonyl (C=O) groups excluding carboxylic acids is 1. The lowest BCUT2D eigenvalue weighted by Gasteiger charge is -2.06. The number of hydrazine groups is 1. The van der Waals surface area contributed by atoms with Crippen LogP contribution in [-0.2, 0) is 4.74 Å². The van der Waals surface area contributed by atoms with Crippen LogP contribution in [0.3, 0.4) is 0 Å². The minimum absolute atomic E-state index is 0.0786. The molecule has 4 N–H and O–H groups in total. The molecule has 0 spiro atoms. The molecule has 1 aromatic carbocycles. The molecule has 0 aliphatic rings. The summed E-state index contributed by atoms with van der Waals surface area (Å²) in [5.74, 6) is 5.16. The van der Waals surface area contributed by atoms with Gasteiger partial charge in [-0.2, -0.15) is 0 Å². The maximum absolute atomic E-state index is 11.7. The van der Waals surface area contributed by atoms with E-state index in [1.54, 1.807) is 24.3 Å². The van der Waals surface area contributed by atoms with Crippen molar-refractivity contribution in [1.29, 1.82) is 0 Å². The summed E-state index contributed by atoms with van der Waals surface area (Å²) in [7, 11) is 0. The van der Waals surface area contributed by atoms with Crippen LogP contribution in [-0.4, -0.2) is 25.7 Å². The van der Waals surface area contributed by atoms with Crippen molar-refractivity contribution in [3.63, 3.8) is 0 Å². The largest absolute Gasteiger partial charge is 0.382 e. The topological polar surface area (TPSA) is 76.4 Å². The number of benzene rings is 1. The highest BCUT2D eigenvalue weighted by Crippen LogP contribution is 2.07. The van der Waals surface area contributed by atoms with Gasteiger partial charge in [0, 0.05) is 31.0 Å². The first-order valence-electron chi connectivity index (χ1n) is 5.70. The van der Waals surface area contributed by atoms with Crippen molar-refractivity contribution in [3.8, 4) is 0 Å². The van der Waals surface area contributed by atoms with Gasteiger partial charge in [-0.05, 0) is 37.6 Å². The minimum Gasteiger partial charge on any atom is -0.382 e. The van der Waals surface area contributed by atoms with E-state index in [9.17, 15) is 4.79 Å². The second kappa shape index (κ2) is 7.65. The average molecular weight is 237 g/mol. The number of hydrogen-bond acceptors (Lipinski definition) is 4. The number of amides is 1. The van der Waals surface area contributed by atoms with Gasteiger partial charge in [0.1, 0.15) is 0 Å². The molecule has 0 saturated heterocycles. The number of nitrogens with one attached hydrogen (secondary N) is 2. The van der Waals surface area contributed by atoms with Crippen LogP contribution in [0.1, 0.15) is 23.7 Å². The molecular weight excluding hydrogens is 218 g/mol. The summed E-state index contributed by atoms with van der Waals surface area (Å²) in [5, 5.41) is 2.82. The summed E-state index contributed by atoms with van der Waals surface area (Å²) in [6, 6.07) is 6.98. The van der Waals surface area contributed by atoms with E-state index in [2.05, 4.69) is 10.7 Å². The third kappa shape index (κ3) is 4.84. The van der Waals surface area contributed by atoms with Crippen LogP contribution in [0.5, 0.6) is 0 Å². The number of ether oxygens (including phenoxy) is 1. The van der Waals surface area contributed by atoms with Crippen molar-refractivity contribution in [2.24, 2.45) is 5.84 Å². The van der Waals surface area contributed by atoms with E-state index in [-0.39, 0.29) is 5.91 Å². The SMILES string of the molecule is CCOCCCNC(=O)c1ccc(NN)cc1. The van der Waals surface area contributed by atoms with E-state index in [1.807, 2.05) is 6.92 Å². The summed E-state index contributed by atoms with van der Waals surface area (Å²) in [5.41, 5.74) is 3.91. The molecule has 5 nitrogen and oxygen atoms in total. The summed E-state index contributed by atoms with van der Waals surface area (Å²) in [6.07, 6.45) is 0.821. The third-order valence-corrected chi connectivity index (χ3v) is 2.27. The molecule has 0 fully saturated rings. The van der Waals surface area contributed by atoms with Crippen LogP contribution in [0, 0.1) is 0 Å². The van der Waals surface area contributed by atoms with Crippen LogP contribution in [0.25, 0.3) is 0 Å². The number of nitrogens with two attached hydrogens (primary N) is 1. The quantitative estimate of drug-likeness (QED) is 0.377. The maximum Gasteiger partial charge on any atom is 0.251 e. The molecule has 0 unspecified atom stereocenters. The first-order chi connectivity index (χ1) is 8.27. The summed E-state index contributed by atoms with van der Waals surface area (Å²) in [6.45, 7) is 3.95. The zero-order valence-electron chi connectivity index (χ0n) is 10.0. The number of nitrogen functional groups attached to an aromatic ring is 1. The molecule has 0 aliphatic heterocycles. The van der Waals surface area contributed by atoms with Crippen molar-refractivity contribution >= 4 is 11.6 Å². The number of hydrogen-bond donors (Lipinski definition) is 3. The molecule has 0 bridgehead atoms. The lowest BCUT2D eigenvalue weighted by atomic mass is 10.2. The van der Waals surface area contributed by atoms with E-state index in [0.717, 1.165) is 12.1 Å². The zero-order valence-corrected chi connectivity index (χ0v) is 10.0. The Balaban J connectivity index is 2.31. The average Bonchev–Trinajstić information content (AvgIpc) is 2.38. The molecule has 0 heterocycles. The molecule has 0 aliphatic carbocycles. The van der Waals surface area contributed by atoms with Gasteiger partial charge in [-0.15, -0.1) is 0 Å². The van der Waals surface area contributed by atoms with E-state index in [1.165, 1.54) is 0 Å². The van der Waals surface area contributed by atoms with E-state index in [0.29, 0.717) is 25.3 Å². The molecule has 1 aromatic rings. The van der Waals surface area contributed by atoms with E-state index >= 15 is 0 Å². The standard InChI is InChI=1S/C12H19N3O2/c1-2-17-9-3-8-14-12(16)10-4-6-11(15-13)7-5-10/h4-7,15H,2-3,8-9,13H2,1H3,(H,14,16). The Kier molecular flexibility index (Phi) is 6.06. The van der Waals surface area contributed by atoms with Gasteiger partial charge in [0.05, 0.1) is 0 Å². The second-order valence-corrected chi connectivity index (χ2v) is 3.53. The van der Waals surface area contributed by atoms with Gasteiger partial charge in [-0.1, -0.05) is 0 Å². The first-order valence-corrected chi connectivity index (χ1v) is 5.70. The van der Waals surface area contributed by atoms with Crippen LogP contribution in [0.15, 0.2) is 24.3 Å². The highest BCUT2D eigenvalue weighted by Gasteiger charge is 2.03. The fraction of sp³-hybridized carbons (Fsp3) is 0.417. The molecule has 5 heteroatoms. The molecule has 0 radical (unpaired) electrons. The summed E-state index contributed by atoms with van der Waals surface area (Å²) in [4.78, 5) is 11.7. The second-order valence-electron chi connectivity index (χ2n) is 3.53. The zero-order chi connectivity index (χ0) is 12.5. The Morgan fingerprint density at radius 1 is 1.35 bits per heavy atom.